The molecular weight excluding hydrogens is 620 g/mol. The van der Waals surface area contributed by atoms with E-state index in [2.05, 4.69) is 51.3 Å². The van der Waals surface area contributed by atoms with Crippen LogP contribution in [0.15, 0.2) is 72.1 Å². The second kappa shape index (κ2) is 21.6. The van der Waals surface area contributed by atoms with Gasteiger partial charge in [-0.3, -0.25) is 9.59 Å². The number of aliphatic hydroxyl groups excluding tert-OH is 2. The molecule has 1 saturated heterocycles. The minimum absolute atomic E-state index is 0.00763. The number of hydrazone groups is 1. The van der Waals surface area contributed by atoms with Gasteiger partial charge in [0.15, 0.2) is 0 Å². The number of aliphatic hydroxyl groups is 2. The fraction of sp³-hybridized carbons (Fsp3) is 0.474. The third-order valence-corrected chi connectivity index (χ3v) is 8.34. The van der Waals surface area contributed by atoms with Crippen LogP contribution in [0.25, 0.3) is 11.3 Å². The molecule has 3 heterocycles. The van der Waals surface area contributed by atoms with E-state index < -0.39 is 0 Å². The molecule has 1 amide bonds. The van der Waals surface area contributed by atoms with Crippen molar-refractivity contribution >= 4 is 30.5 Å². The molecule has 11 nitrogen and oxygen atoms in total. The molecule has 0 aliphatic carbocycles. The minimum Gasteiger partial charge on any atom is -0.400 e. The molecule has 3 aromatic rings. The highest BCUT2D eigenvalue weighted by molar-refractivity contribution is 5.82. The van der Waals surface area contributed by atoms with Crippen LogP contribution in [0.5, 0.6) is 0 Å². The van der Waals surface area contributed by atoms with Gasteiger partial charge in [0, 0.05) is 67.9 Å². The molecule has 49 heavy (non-hydrogen) atoms. The van der Waals surface area contributed by atoms with Crippen LogP contribution in [0.4, 0.5) is 5.82 Å². The van der Waals surface area contributed by atoms with Crippen molar-refractivity contribution in [2.45, 2.75) is 71.4 Å². The first-order chi connectivity index (χ1) is 23.6. The molecule has 5 rings (SSSR count). The number of hydrogen-bond donors (Lipinski definition) is 3. The van der Waals surface area contributed by atoms with Crippen molar-refractivity contribution in [3.63, 3.8) is 0 Å². The monoisotopic (exact) mass is 674 g/mol. The summed E-state index contributed by atoms with van der Waals surface area (Å²) in [5.41, 5.74) is 3.40. The van der Waals surface area contributed by atoms with Gasteiger partial charge in [-0.2, -0.15) is 5.10 Å². The molecule has 1 fully saturated rings. The summed E-state index contributed by atoms with van der Waals surface area (Å²) in [7, 11) is 2.83. The van der Waals surface area contributed by atoms with Crippen LogP contribution < -0.4 is 10.2 Å². The molecule has 2 aliphatic heterocycles. The number of piperidine rings is 1. The standard InChI is InChI=1S/C26H25N5O2.C6H12O.C5H13NO.CH4O/c32-17-19-6-8-20(9-7-19)23-16-25(28-18-27-23)30-14-11-22(12-15-30)26(33)31-24(10-13-29-31)21-4-2-1-3-5-21;1-6(2)4-3-5-7;1-5(2,4-7)6-3;1-2/h1-9,13,16-18,22,24H,10-12,14-15H2;5-6H,3-4H2,1-2H3;6-7H,4H2,1-3H3;2H,1H3. The average Bonchev–Trinajstić information content (AvgIpc) is 3.66. The second-order valence-corrected chi connectivity index (χ2v) is 12.8. The van der Waals surface area contributed by atoms with Crippen molar-refractivity contribution in [1.29, 1.82) is 0 Å². The Kier molecular flexibility index (Phi) is 18.0. The predicted molar refractivity (Wildman–Crippen MR) is 195 cm³/mol. The Bertz CT molecular complexity index is 1420. The Morgan fingerprint density at radius 3 is 2.18 bits per heavy atom. The molecule has 3 N–H and O–H groups in total. The summed E-state index contributed by atoms with van der Waals surface area (Å²) in [4.78, 5) is 44.9. The maximum atomic E-state index is 13.3. The smallest absolute Gasteiger partial charge is 0.246 e. The molecule has 1 aromatic heterocycles. The maximum absolute atomic E-state index is 13.3. The van der Waals surface area contributed by atoms with Crippen LogP contribution in [0.1, 0.15) is 81.8 Å². The lowest BCUT2D eigenvalue weighted by molar-refractivity contribution is -0.138. The first-order valence-electron chi connectivity index (χ1n) is 16.8. The molecule has 0 radical (unpaired) electrons. The molecule has 1 atom stereocenters. The largest absolute Gasteiger partial charge is 0.400 e. The normalized spacial score (nSPS) is 15.7. The molecule has 0 spiro atoms. The first-order valence-corrected chi connectivity index (χ1v) is 16.8. The van der Waals surface area contributed by atoms with Gasteiger partial charge in [-0.15, -0.1) is 0 Å². The van der Waals surface area contributed by atoms with Crippen LogP contribution in [0.2, 0.25) is 0 Å². The number of anilines is 1. The molecule has 2 aromatic carbocycles. The number of benzene rings is 2. The van der Waals surface area contributed by atoms with Crippen molar-refractivity contribution in [2.75, 3.05) is 38.8 Å². The van der Waals surface area contributed by atoms with Crippen molar-refractivity contribution in [3.8, 4) is 11.3 Å². The number of amides is 1. The van der Waals surface area contributed by atoms with Gasteiger partial charge in [-0.1, -0.05) is 68.4 Å². The number of rotatable bonds is 10. The lowest BCUT2D eigenvalue weighted by Crippen LogP contribution is -2.41. The summed E-state index contributed by atoms with van der Waals surface area (Å²) in [5.74, 6) is 1.59. The zero-order valence-electron chi connectivity index (χ0n) is 29.8. The van der Waals surface area contributed by atoms with E-state index in [4.69, 9.17) is 10.2 Å². The maximum Gasteiger partial charge on any atom is 0.246 e. The fourth-order valence-electron chi connectivity index (χ4n) is 5.01. The van der Waals surface area contributed by atoms with Crippen LogP contribution in [-0.2, 0) is 9.59 Å². The lowest BCUT2D eigenvalue weighted by atomic mass is 9.94. The fourth-order valence-corrected chi connectivity index (χ4v) is 5.01. The van der Waals surface area contributed by atoms with Gasteiger partial charge in [0.2, 0.25) is 5.91 Å². The minimum atomic E-state index is -0.111. The van der Waals surface area contributed by atoms with Crippen molar-refractivity contribution in [3.05, 3.63) is 78.1 Å². The van der Waals surface area contributed by atoms with Crippen molar-refractivity contribution in [2.24, 2.45) is 16.9 Å². The van der Waals surface area contributed by atoms with E-state index in [0.717, 1.165) is 87.5 Å². The van der Waals surface area contributed by atoms with Crippen LogP contribution in [0, 0.1) is 11.8 Å². The lowest BCUT2D eigenvalue weighted by Gasteiger charge is -2.34. The highest BCUT2D eigenvalue weighted by Gasteiger charge is 2.35. The summed E-state index contributed by atoms with van der Waals surface area (Å²) >= 11 is 0. The van der Waals surface area contributed by atoms with E-state index in [1.807, 2.05) is 63.5 Å². The Morgan fingerprint density at radius 1 is 1.02 bits per heavy atom. The molecule has 266 valence electrons. The Morgan fingerprint density at radius 2 is 1.67 bits per heavy atom. The third kappa shape index (κ3) is 13.2. The molecule has 0 bridgehead atoms. The highest BCUT2D eigenvalue weighted by Crippen LogP contribution is 2.32. The Labute approximate surface area is 291 Å². The number of likely N-dealkylation sites (N-methyl/N-ethyl adjacent to an activating group) is 1. The number of aromatic nitrogens is 2. The number of carbonyl (C=O) groups excluding carboxylic acids is 3. The molecular formula is C38H54N6O5. The van der Waals surface area contributed by atoms with Gasteiger partial charge < -0.3 is 25.2 Å². The number of aldehydes is 2. The molecule has 0 saturated carbocycles. The Balaban J connectivity index is 0.000000437. The molecule has 11 heteroatoms. The van der Waals surface area contributed by atoms with Crippen molar-refractivity contribution < 1.29 is 24.6 Å². The highest BCUT2D eigenvalue weighted by atomic mass is 16.3. The average molecular weight is 675 g/mol. The summed E-state index contributed by atoms with van der Waals surface area (Å²) in [6.45, 7) is 9.80. The topological polar surface area (TPSA) is 148 Å². The SMILES string of the molecule is CC(C)CCC=O.CNC(C)(C)CO.CO.O=Cc1ccc(-c2cc(N3CCC(C(=O)N4N=CCC4c4ccccc4)CC3)ncn2)cc1. The van der Waals surface area contributed by atoms with Crippen LogP contribution in [0.3, 0.4) is 0 Å². The number of nitrogens with zero attached hydrogens (tertiary/aromatic N) is 5. The van der Waals surface area contributed by atoms with Gasteiger partial charge in [0.05, 0.1) is 18.3 Å². The van der Waals surface area contributed by atoms with E-state index in [9.17, 15) is 14.4 Å². The van der Waals surface area contributed by atoms with Gasteiger partial charge in [-0.05, 0) is 51.6 Å². The van der Waals surface area contributed by atoms with E-state index >= 15 is 0 Å². The van der Waals surface area contributed by atoms with E-state index in [-0.39, 0.29) is 30.0 Å². The zero-order valence-corrected chi connectivity index (χ0v) is 29.8. The van der Waals surface area contributed by atoms with Gasteiger partial charge in [0.25, 0.3) is 0 Å². The second-order valence-electron chi connectivity index (χ2n) is 12.8. The third-order valence-electron chi connectivity index (χ3n) is 8.34. The summed E-state index contributed by atoms with van der Waals surface area (Å²) in [5, 5.41) is 24.6. The summed E-state index contributed by atoms with van der Waals surface area (Å²) in [6.07, 6.45) is 9.25. The number of carbonyl (C=O) groups is 3. The number of nitrogens with one attached hydrogen (secondary N) is 1. The summed E-state index contributed by atoms with van der Waals surface area (Å²) < 4.78 is 0. The van der Waals surface area contributed by atoms with Gasteiger partial charge in [0.1, 0.15) is 24.7 Å². The van der Waals surface area contributed by atoms with Gasteiger partial charge in [-0.25, -0.2) is 15.0 Å². The predicted octanol–water partition coefficient (Wildman–Crippen LogP) is 5.34. The van der Waals surface area contributed by atoms with Crippen LogP contribution >= 0.6 is 0 Å². The van der Waals surface area contributed by atoms with Gasteiger partial charge >= 0.3 is 0 Å². The molecule has 1 unspecified atom stereocenters. The Hall–Kier alpha value is -4.32. The summed E-state index contributed by atoms with van der Waals surface area (Å²) in [6, 6.07) is 19.4. The molecule has 2 aliphatic rings. The quantitative estimate of drug-likeness (QED) is 0.243. The van der Waals surface area contributed by atoms with E-state index in [0.29, 0.717) is 11.5 Å². The first kappa shape index (κ1) is 40.9. The van der Waals surface area contributed by atoms with Crippen molar-refractivity contribution in [1.82, 2.24) is 20.3 Å². The zero-order chi connectivity index (χ0) is 36.2. The van der Waals surface area contributed by atoms with Crippen LogP contribution in [-0.4, -0.2) is 89.3 Å². The number of hydrogen-bond acceptors (Lipinski definition) is 10. The van der Waals surface area contributed by atoms with E-state index in [1.54, 1.807) is 23.5 Å². The van der Waals surface area contributed by atoms with E-state index in [1.165, 1.54) is 0 Å².